The molecular formula is C12H21NO2. The Kier molecular flexibility index (Phi) is 3.29. The summed E-state index contributed by atoms with van der Waals surface area (Å²) in [5.41, 5.74) is 5.33. The van der Waals surface area contributed by atoms with Gasteiger partial charge in [0.2, 0.25) is 0 Å². The number of nitrogens with two attached hydrogens (primary N) is 1. The Balaban J connectivity index is 1.67. The Morgan fingerprint density at radius 3 is 2.47 bits per heavy atom. The topological polar surface area (TPSA) is 52.3 Å². The van der Waals surface area contributed by atoms with Crippen LogP contribution in [0.4, 0.5) is 0 Å². The monoisotopic (exact) mass is 211 g/mol. The first-order valence-corrected chi connectivity index (χ1v) is 6.14. The first-order valence-electron chi connectivity index (χ1n) is 6.14. The molecule has 15 heavy (non-hydrogen) atoms. The molecule has 3 nitrogen and oxygen atoms in total. The predicted octanol–water partition coefficient (Wildman–Crippen LogP) is 1.85. The molecule has 0 radical (unpaired) electrons. The lowest BCUT2D eigenvalue weighted by molar-refractivity contribution is -0.161. The van der Waals surface area contributed by atoms with Gasteiger partial charge in [-0.25, -0.2) is 0 Å². The molecule has 2 saturated carbocycles. The molecule has 0 saturated heterocycles. The largest absolute Gasteiger partial charge is 0.465 e. The van der Waals surface area contributed by atoms with Crippen LogP contribution < -0.4 is 5.73 Å². The van der Waals surface area contributed by atoms with Gasteiger partial charge in [0.1, 0.15) is 0 Å². The summed E-state index contributed by atoms with van der Waals surface area (Å²) < 4.78 is 5.33. The molecule has 2 aliphatic rings. The number of hydrogen-bond donors (Lipinski definition) is 1. The molecule has 2 rings (SSSR count). The van der Waals surface area contributed by atoms with E-state index in [1.54, 1.807) is 0 Å². The van der Waals surface area contributed by atoms with Gasteiger partial charge in [-0.2, -0.15) is 0 Å². The first kappa shape index (κ1) is 10.9. The number of ether oxygens (including phenoxy) is 1. The number of carbonyl (C=O) groups excluding carboxylic acids is 1. The van der Waals surface area contributed by atoms with Crippen LogP contribution in [0, 0.1) is 11.3 Å². The zero-order chi connectivity index (χ0) is 10.7. The minimum Gasteiger partial charge on any atom is -0.465 e. The lowest BCUT2D eigenvalue weighted by Crippen LogP contribution is -2.45. The molecule has 0 amide bonds. The molecule has 0 spiro atoms. The second-order valence-electron chi connectivity index (χ2n) is 5.06. The molecule has 0 aromatic rings. The number of carbonyl (C=O) groups is 1. The predicted molar refractivity (Wildman–Crippen MR) is 58.3 cm³/mol. The smallest absolute Gasteiger partial charge is 0.313 e. The van der Waals surface area contributed by atoms with Crippen molar-refractivity contribution in [2.24, 2.45) is 17.1 Å². The summed E-state index contributed by atoms with van der Waals surface area (Å²) in [6, 6.07) is 0. The molecular weight excluding hydrogens is 190 g/mol. The third-order valence-electron chi connectivity index (χ3n) is 4.12. The average Bonchev–Trinajstić information content (AvgIpc) is 2.08. The van der Waals surface area contributed by atoms with Crippen LogP contribution in [-0.4, -0.2) is 19.1 Å². The van der Waals surface area contributed by atoms with Gasteiger partial charge in [0.15, 0.2) is 0 Å². The highest BCUT2D eigenvalue weighted by molar-refractivity contribution is 5.78. The van der Waals surface area contributed by atoms with Crippen molar-refractivity contribution in [1.29, 1.82) is 0 Å². The molecule has 2 fully saturated rings. The summed E-state index contributed by atoms with van der Waals surface area (Å²) in [6.45, 7) is 1.06. The highest BCUT2D eigenvalue weighted by atomic mass is 16.5. The maximum absolute atomic E-state index is 11.8. The molecule has 2 N–H and O–H groups in total. The lowest BCUT2D eigenvalue weighted by Gasteiger charge is -2.38. The molecule has 0 aromatic heterocycles. The van der Waals surface area contributed by atoms with Crippen molar-refractivity contribution in [3.05, 3.63) is 0 Å². The maximum atomic E-state index is 11.8. The Morgan fingerprint density at radius 2 is 2.07 bits per heavy atom. The van der Waals surface area contributed by atoms with Crippen LogP contribution in [0.5, 0.6) is 0 Å². The van der Waals surface area contributed by atoms with Gasteiger partial charge < -0.3 is 10.5 Å². The SMILES string of the molecule is NCC1(C(=O)OCCC2CCC2)CCC1. The molecule has 0 heterocycles. The van der Waals surface area contributed by atoms with Crippen LogP contribution in [-0.2, 0) is 9.53 Å². The van der Waals surface area contributed by atoms with Crippen molar-refractivity contribution in [1.82, 2.24) is 0 Å². The number of rotatable bonds is 5. The van der Waals surface area contributed by atoms with Gasteiger partial charge in [0.25, 0.3) is 0 Å². The van der Waals surface area contributed by atoms with Crippen molar-refractivity contribution in [3.63, 3.8) is 0 Å². The normalized spacial score (nSPS) is 24.1. The zero-order valence-corrected chi connectivity index (χ0v) is 9.34. The summed E-state index contributed by atoms with van der Waals surface area (Å²) in [5, 5.41) is 0. The number of esters is 1. The van der Waals surface area contributed by atoms with Crippen LogP contribution in [0.1, 0.15) is 44.9 Å². The van der Waals surface area contributed by atoms with E-state index in [2.05, 4.69) is 0 Å². The second-order valence-corrected chi connectivity index (χ2v) is 5.06. The van der Waals surface area contributed by atoms with Crippen LogP contribution in [0.2, 0.25) is 0 Å². The summed E-state index contributed by atoms with van der Waals surface area (Å²) in [6.07, 6.45) is 8.00. The fourth-order valence-corrected chi connectivity index (χ4v) is 2.35. The summed E-state index contributed by atoms with van der Waals surface area (Å²) in [7, 11) is 0. The van der Waals surface area contributed by atoms with Crippen molar-refractivity contribution in [2.45, 2.75) is 44.9 Å². The zero-order valence-electron chi connectivity index (χ0n) is 9.34. The quantitative estimate of drug-likeness (QED) is 0.706. The van der Waals surface area contributed by atoms with E-state index in [0.29, 0.717) is 13.2 Å². The van der Waals surface area contributed by atoms with Crippen LogP contribution in [0.15, 0.2) is 0 Å². The Morgan fingerprint density at radius 1 is 1.33 bits per heavy atom. The van der Waals surface area contributed by atoms with E-state index in [1.165, 1.54) is 19.3 Å². The Bertz CT molecular complexity index is 226. The van der Waals surface area contributed by atoms with Crippen LogP contribution in [0.25, 0.3) is 0 Å². The Labute approximate surface area is 91.4 Å². The van der Waals surface area contributed by atoms with Crippen LogP contribution in [0.3, 0.4) is 0 Å². The van der Waals surface area contributed by atoms with E-state index in [4.69, 9.17) is 10.5 Å². The lowest BCUT2D eigenvalue weighted by atomic mass is 9.69. The average molecular weight is 211 g/mol. The summed E-state index contributed by atoms with van der Waals surface area (Å²) >= 11 is 0. The van der Waals surface area contributed by atoms with E-state index < -0.39 is 0 Å². The van der Waals surface area contributed by atoms with Gasteiger partial charge in [0.05, 0.1) is 12.0 Å². The molecule has 0 unspecified atom stereocenters. The van der Waals surface area contributed by atoms with Gasteiger partial charge in [-0.05, 0) is 25.2 Å². The molecule has 86 valence electrons. The van der Waals surface area contributed by atoms with Gasteiger partial charge in [-0.1, -0.05) is 25.7 Å². The van der Waals surface area contributed by atoms with Crippen LogP contribution >= 0.6 is 0 Å². The van der Waals surface area contributed by atoms with E-state index in [1.807, 2.05) is 0 Å². The highest BCUT2D eigenvalue weighted by Crippen LogP contribution is 2.41. The summed E-state index contributed by atoms with van der Waals surface area (Å²) in [4.78, 5) is 11.8. The fourth-order valence-electron chi connectivity index (χ4n) is 2.35. The van der Waals surface area contributed by atoms with E-state index in [9.17, 15) is 4.79 Å². The second kappa shape index (κ2) is 4.52. The first-order chi connectivity index (χ1) is 7.27. The standard InChI is InChI=1S/C12H21NO2/c13-9-12(6-2-7-12)11(14)15-8-5-10-3-1-4-10/h10H,1-9,13H2. The van der Waals surface area contributed by atoms with E-state index in [-0.39, 0.29) is 11.4 Å². The van der Waals surface area contributed by atoms with E-state index >= 15 is 0 Å². The Hall–Kier alpha value is -0.570. The molecule has 0 bridgehead atoms. The van der Waals surface area contributed by atoms with Gasteiger partial charge in [0, 0.05) is 6.54 Å². The number of hydrogen-bond acceptors (Lipinski definition) is 3. The fraction of sp³-hybridized carbons (Fsp3) is 0.917. The third kappa shape index (κ3) is 2.17. The van der Waals surface area contributed by atoms with Crippen molar-refractivity contribution < 1.29 is 9.53 Å². The van der Waals surface area contributed by atoms with Gasteiger partial charge >= 0.3 is 5.97 Å². The third-order valence-corrected chi connectivity index (χ3v) is 4.12. The van der Waals surface area contributed by atoms with Crippen molar-refractivity contribution in [3.8, 4) is 0 Å². The minimum atomic E-state index is -0.306. The van der Waals surface area contributed by atoms with E-state index in [0.717, 1.165) is 31.6 Å². The summed E-state index contributed by atoms with van der Waals surface area (Å²) in [5.74, 6) is 0.767. The molecule has 0 aliphatic heterocycles. The van der Waals surface area contributed by atoms with Crippen molar-refractivity contribution >= 4 is 5.97 Å². The highest BCUT2D eigenvalue weighted by Gasteiger charge is 2.44. The van der Waals surface area contributed by atoms with Gasteiger partial charge in [-0.3, -0.25) is 4.79 Å². The minimum absolute atomic E-state index is 0.0458. The van der Waals surface area contributed by atoms with Crippen molar-refractivity contribution in [2.75, 3.05) is 13.2 Å². The molecule has 2 aliphatic carbocycles. The molecule has 0 atom stereocenters. The molecule has 3 heteroatoms. The maximum Gasteiger partial charge on any atom is 0.313 e. The van der Waals surface area contributed by atoms with Gasteiger partial charge in [-0.15, -0.1) is 0 Å². The molecule has 0 aromatic carbocycles.